The van der Waals surface area contributed by atoms with E-state index < -0.39 is 25.6 Å². The molecule has 4 atom stereocenters. The number of nitrogens with one attached hydrogen (secondary N) is 1. The van der Waals surface area contributed by atoms with Gasteiger partial charge in [0.15, 0.2) is 25.5 Å². The van der Waals surface area contributed by atoms with Gasteiger partial charge in [-0.3, -0.25) is 9.59 Å². The highest BCUT2D eigenvalue weighted by molar-refractivity contribution is 6.73. The topological polar surface area (TPSA) is 88.2 Å². The lowest BCUT2D eigenvalue weighted by atomic mass is 9.70. The summed E-state index contributed by atoms with van der Waals surface area (Å²) in [7, 11) is -2.00. The second kappa shape index (κ2) is 8.56. The first-order valence-electron chi connectivity index (χ1n) is 13.4. The molecule has 0 radical (unpaired) electrons. The molecule has 2 aromatic rings. The first-order valence-corrected chi connectivity index (χ1v) is 16.0. The van der Waals surface area contributed by atoms with Gasteiger partial charge in [-0.25, -0.2) is 0 Å². The quantitative estimate of drug-likeness (QED) is 0.146. The van der Waals surface area contributed by atoms with Crippen molar-refractivity contribution >= 4 is 25.6 Å². The smallest absolute Gasteiger partial charge is 0.198 e. The molecule has 0 unspecified atom stereocenters. The molecule has 6 rings (SSSR count). The Kier molecular flexibility index (Phi) is 5.61. The molecule has 2 aromatic carbocycles. The predicted molar refractivity (Wildman–Crippen MR) is 147 cm³/mol. The lowest BCUT2D eigenvalue weighted by Crippen LogP contribution is -2.55. The molecule has 4 aliphatic rings. The number of carbonyl (C=O) groups is 2. The third kappa shape index (κ3) is 3.09. The molecule has 194 valence electrons. The predicted octanol–water partition coefficient (Wildman–Crippen LogP) is 5.45. The van der Waals surface area contributed by atoms with Crippen LogP contribution in [0, 0.1) is 11.8 Å². The van der Waals surface area contributed by atoms with Crippen LogP contribution in [0.1, 0.15) is 71.5 Å². The number of anilines is 1. The number of epoxide rings is 1. The normalized spacial score (nSPS) is 26.8. The summed E-state index contributed by atoms with van der Waals surface area (Å²) in [4.78, 5) is 27.3. The van der Waals surface area contributed by atoms with Crippen LogP contribution in [0.4, 0.5) is 5.69 Å². The minimum absolute atomic E-state index is 0.0252. The number of phenolic OH excluding ortho intramolecular Hbond substituents is 1. The van der Waals surface area contributed by atoms with E-state index in [-0.39, 0.29) is 34.5 Å². The monoisotopic (exact) mass is 525 g/mol. The molecule has 0 amide bonds. The molecule has 0 spiro atoms. The number of hydrogen-bond acceptors (Lipinski definition) is 6. The average molecular weight is 526 g/mol. The lowest BCUT2D eigenvalue weighted by Gasteiger charge is -2.41. The van der Waals surface area contributed by atoms with Gasteiger partial charge in [0.2, 0.25) is 0 Å². The summed E-state index contributed by atoms with van der Waals surface area (Å²) in [6, 6.07) is 10.8. The Bertz CT molecular complexity index is 1510. The van der Waals surface area contributed by atoms with E-state index in [9.17, 15) is 14.7 Å². The van der Waals surface area contributed by atoms with Crippen LogP contribution in [0.3, 0.4) is 0 Å². The summed E-state index contributed by atoms with van der Waals surface area (Å²) in [5.41, 5.74) is 3.39. The van der Waals surface area contributed by atoms with E-state index in [2.05, 4.69) is 50.6 Å². The third-order valence-electron chi connectivity index (χ3n) is 9.12. The number of ketones is 2. The van der Waals surface area contributed by atoms with Gasteiger partial charge in [0, 0.05) is 29.2 Å². The Morgan fingerprint density at radius 2 is 1.79 bits per heavy atom. The summed E-state index contributed by atoms with van der Waals surface area (Å²) in [5, 5.41) is 14.7. The first kappa shape index (κ1) is 24.9. The molecule has 2 N–H and O–H groups in total. The number of aromatic hydroxyl groups is 1. The fourth-order valence-corrected chi connectivity index (χ4v) is 9.73. The van der Waals surface area contributed by atoms with E-state index in [1.165, 1.54) is 0 Å². The Morgan fingerprint density at radius 3 is 2.45 bits per heavy atom. The van der Waals surface area contributed by atoms with Crippen LogP contribution >= 0.6 is 0 Å². The highest BCUT2D eigenvalue weighted by Gasteiger charge is 2.79. The van der Waals surface area contributed by atoms with Crippen LogP contribution in [-0.4, -0.2) is 42.7 Å². The molecule has 1 saturated heterocycles. The zero-order chi connectivity index (χ0) is 26.9. The summed E-state index contributed by atoms with van der Waals surface area (Å²) in [6.45, 7) is 8.65. The van der Waals surface area contributed by atoms with Crippen molar-refractivity contribution in [3.63, 3.8) is 0 Å². The standard InChI is InChI=1S/C31H31NO5Si/c1-5-38(6-2,7-3)36-19(4)31-24-16-10-8-9-13-17-30(31,37-31)22-18-23(33)25-26(27(22)32-24)29(35)21-15-12-11-14-20(21)28(25)34/h8,11-15,18-19,24,32-33H,5-7,17H2,1-4H3/t9?,19-,24+,30-,31+/m1/s1. The van der Waals surface area contributed by atoms with Gasteiger partial charge >= 0.3 is 0 Å². The van der Waals surface area contributed by atoms with E-state index in [0.29, 0.717) is 28.8 Å². The summed E-state index contributed by atoms with van der Waals surface area (Å²) >= 11 is 0. The second-order valence-corrected chi connectivity index (χ2v) is 15.3. The van der Waals surface area contributed by atoms with Crippen molar-refractivity contribution in [3.8, 4) is 17.6 Å². The molecule has 2 aliphatic heterocycles. The van der Waals surface area contributed by atoms with Crippen LogP contribution in [-0.2, 0) is 14.8 Å². The van der Waals surface area contributed by atoms with Gasteiger partial charge in [-0.2, -0.15) is 0 Å². The van der Waals surface area contributed by atoms with Crippen molar-refractivity contribution in [2.24, 2.45) is 0 Å². The number of phenols is 1. The minimum Gasteiger partial charge on any atom is -0.507 e. The molecule has 2 heterocycles. The maximum absolute atomic E-state index is 13.8. The highest BCUT2D eigenvalue weighted by atomic mass is 28.4. The van der Waals surface area contributed by atoms with Crippen molar-refractivity contribution in [1.82, 2.24) is 0 Å². The number of carbonyl (C=O) groups excluding carboxylic acids is 2. The van der Waals surface area contributed by atoms with Gasteiger partial charge < -0.3 is 19.6 Å². The van der Waals surface area contributed by atoms with Crippen molar-refractivity contribution < 1.29 is 23.9 Å². The molecule has 38 heavy (non-hydrogen) atoms. The maximum Gasteiger partial charge on any atom is 0.198 e. The molecule has 0 aromatic heterocycles. The van der Waals surface area contributed by atoms with Crippen LogP contribution in [0.5, 0.6) is 5.75 Å². The number of benzene rings is 2. The Hall–Kier alpha value is -3.40. The number of ether oxygens (including phenoxy) is 1. The van der Waals surface area contributed by atoms with Crippen LogP contribution < -0.4 is 5.32 Å². The largest absolute Gasteiger partial charge is 0.507 e. The van der Waals surface area contributed by atoms with Crippen LogP contribution in [0.15, 0.2) is 48.2 Å². The van der Waals surface area contributed by atoms with E-state index in [1.54, 1.807) is 36.4 Å². The molecule has 0 saturated carbocycles. The molecule has 2 bridgehead atoms. The number of fused-ring (bicyclic) bond motifs is 4. The van der Waals surface area contributed by atoms with E-state index in [4.69, 9.17) is 9.16 Å². The fourth-order valence-electron chi connectivity index (χ4n) is 6.81. The summed E-state index contributed by atoms with van der Waals surface area (Å²) in [6.07, 6.45) is 3.74. The molecule has 2 aliphatic carbocycles. The third-order valence-corrected chi connectivity index (χ3v) is 13.8. The van der Waals surface area contributed by atoms with Gasteiger partial charge in [-0.15, -0.1) is 5.73 Å². The Balaban J connectivity index is 1.56. The summed E-state index contributed by atoms with van der Waals surface area (Å²) in [5.74, 6) is 5.49. The van der Waals surface area contributed by atoms with E-state index >= 15 is 0 Å². The van der Waals surface area contributed by atoms with Gasteiger partial charge in [-0.1, -0.05) is 56.9 Å². The number of hydrogen-bond donors (Lipinski definition) is 2. The molecule has 1 fully saturated rings. The molecular formula is C31H31NO5Si. The molecular weight excluding hydrogens is 494 g/mol. The molecule has 7 heteroatoms. The van der Waals surface area contributed by atoms with Crippen molar-refractivity contribution in [3.05, 3.63) is 76.0 Å². The van der Waals surface area contributed by atoms with Crippen molar-refractivity contribution in [1.29, 1.82) is 0 Å². The average Bonchev–Trinajstić information content (AvgIpc) is 3.63. The second-order valence-electron chi connectivity index (χ2n) is 10.6. The fraction of sp³-hybridized carbons (Fsp3) is 0.387. The minimum atomic E-state index is -2.00. The highest BCUT2D eigenvalue weighted by Crippen LogP contribution is 2.68. The zero-order valence-corrected chi connectivity index (χ0v) is 23.1. The first-order chi connectivity index (χ1) is 18.3. The van der Waals surface area contributed by atoms with E-state index in [0.717, 1.165) is 18.1 Å². The Morgan fingerprint density at radius 1 is 1.13 bits per heavy atom. The Labute approximate surface area is 223 Å². The summed E-state index contributed by atoms with van der Waals surface area (Å²) < 4.78 is 13.7. The van der Waals surface area contributed by atoms with Gasteiger partial charge in [0.25, 0.3) is 0 Å². The SMILES string of the molecule is CC[Si](CC)(CC)O[C@H](C)[C@@]12O[C@@]13CC=C=CC#C[C@@H]2Nc1c3cc(O)c2c1C(=O)c1ccccc1C2=O. The lowest BCUT2D eigenvalue weighted by molar-refractivity contribution is 0.0967. The molecule has 6 nitrogen and oxygen atoms in total. The van der Waals surface area contributed by atoms with Gasteiger partial charge in [0.05, 0.1) is 22.9 Å². The van der Waals surface area contributed by atoms with Gasteiger partial charge in [-0.05, 0) is 37.2 Å². The maximum atomic E-state index is 13.8. The number of rotatable bonds is 6. The van der Waals surface area contributed by atoms with Crippen molar-refractivity contribution in [2.75, 3.05) is 5.32 Å². The van der Waals surface area contributed by atoms with Crippen LogP contribution in [0.25, 0.3) is 0 Å². The van der Waals surface area contributed by atoms with Gasteiger partial charge in [0.1, 0.15) is 17.4 Å². The van der Waals surface area contributed by atoms with Crippen LogP contribution in [0.2, 0.25) is 18.1 Å². The van der Waals surface area contributed by atoms with Crippen molar-refractivity contribution in [2.45, 2.75) is 75.6 Å². The van der Waals surface area contributed by atoms with E-state index in [1.807, 2.05) is 6.08 Å². The zero-order valence-electron chi connectivity index (χ0n) is 22.1.